The zero-order valence-corrected chi connectivity index (χ0v) is 20.7. The van der Waals surface area contributed by atoms with E-state index in [1.54, 1.807) is 37.4 Å². The van der Waals surface area contributed by atoms with Gasteiger partial charge in [-0.05, 0) is 43.2 Å². The molecule has 10 heteroatoms. The summed E-state index contributed by atoms with van der Waals surface area (Å²) in [5, 5.41) is 23.6. The Hall–Kier alpha value is -4.41. The lowest BCUT2D eigenvalue weighted by molar-refractivity contribution is -0.115. The van der Waals surface area contributed by atoms with Gasteiger partial charge >= 0.3 is 0 Å². The van der Waals surface area contributed by atoms with Crippen LogP contribution in [0.15, 0.2) is 53.3 Å². The van der Waals surface area contributed by atoms with Gasteiger partial charge in [-0.1, -0.05) is 24.3 Å². The molecule has 1 amide bonds. The number of benzene rings is 2. The van der Waals surface area contributed by atoms with Crippen molar-refractivity contribution in [2.24, 2.45) is 0 Å². The molecule has 36 heavy (non-hydrogen) atoms. The van der Waals surface area contributed by atoms with E-state index in [-0.39, 0.29) is 34.7 Å². The summed E-state index contributed by atoms with van der Waals surface area (Å²) in [6, 6.07) is 17.9. The number of hydrogen-bond donors (Lipinski definition) is 2. The fourth-order valence-electron chi connectivity index (χ4n) is 3.54. The molecule has 0 aliphatic carbocycles. The number of likely N-dealkylation sites (N-methyl/N-ethyl adjacent to an activating group) is 1. The van der Waals surface area contributed by atoms with Crippen LogP contribution in [-0.4, -0.2) is 30.6 Å². The van der Waals surface area contributed by atoms with E-state index < -0.39 is 5.91 Å². The molecule has 3 aromatic rings. The maximum absolute atomic E-state index is 14.0. The number of halogens is 1. The van der Waals surface area contributed by atoms with Crippen LogP contribution in [0, 0.1) is 28.5 Å². The Kier molecular flexibility index (Phi) is 8.98. The maximum atomic E-state index is 14.0. The first-order valence-corrected chi connectivity index (χ1v) is 12.0. The molecule has 3 rings (SSSR count). The van der Waals surface area contributed by atoms with E-state index in [9.17, 15) is 19.2 Å². The molecular weight excluding hydrogens is 479 g/mol. The van der Waals surface area contributed by atoms with Crippen molar-refractivity contribution in [1.82, 2.24) is 9.88 Å². The van der Waals surface area contributed by atoms with Crippen LogP contribution in [0.5, 0.6) is 0 Å². The molecule has 2 aromatic carbocycles. The summed E-state index contributed by atoms with van der Waals surface area (Å²) in [4.78, 5) is 27.0. The van der Waals surface area contributed by atoms with Gasteiger partial charge < -0.3 is 15.5 Å². The van der Waals surface area contributed by atoms with Crippen molar-refractivity contribution in [3.63, 3.8) is 0 Å². The molecule has 0 unspecified atom stereocenters. The maximum Gasteiger partial charge on any atom is 0.270 e. The van der Waals surface area contributed by atoms with Gasteiger partial charge in [-0.3, -0.25) is 14.2 Å². The number of aromatic nitrogens is 1. The van der Waals surface area contributed by atoms with Crippen LogP contribution in [0.3, 0.4) is 0 Å². The average Bonchev–Trinajstić information content (AvgIpc) is 3.20. The fraction of sp³-hybridized carbons (Fsp3) is 0.231. The van der Waals surface area contributed by atoms with Crippen molar-refractivity contribution in [1.29, 1.82) is 10.5 Å². The molecule has 184 valence electrons. The Morgan fingerprint density at radius 2 is 2.00 bits per heavy atom. The third-order valence-electron chi connectivity index (χ3n) is 5.40. The summed E-state index contributed by atoms with van der Waals surface area (Å²) in [7, 11) is 1.84. The van der Waals surface area contributed by atoms with Crippen LogP contribution in [0.4, 0.5) is 15.8 Å². The SMILES string of the molecule is CCn1c(=C(C#N)C(=O)NCC#N)sc(=CNc2cccc(CCN(C)c3ccccc3F)c2)c1=O. The molecule has 0 saturated heterocycles. The zero-order valence-electron chi connectivity index (χ0n) is 19.9. The summed E-state index contributed by atoms with van der Waals surface area (Å²) >= 11 is 1.03. The molecule has 0 aliphatic heterocycles. The Balaban J connectivity index is 1.82. The van der Waals surface area contributed by atoms with E-state index in [2.05, 4.69) is 10.6 Å². The van der Waals surface area contributed by atoms with E-state index in [1.807, 2.05) is 42.3 Å². The van der Waals surface area contributed by atoms with Gasteiger partial charge in [0.2, 0.25) is 0 Å². The van der Waals surface area contributed by atoms with E-state index in [4.69, 9.17) is 5.26 Å². The highest BCUT2D eigenvalue weighted by molar-refractivity contribution is 7.07. The van der Waals surface area contributed by atoms with E-state index in [0.717, 1.165) is 22.6 Å². The summed E-state index contributed by atoms with van der Waals surface area (Å²) in [6.45, 7) is 2.40. The minimum absolute atomic E-state index is 0.213. The third kappa shape index (κ3) is 6.17. The molecule has 2 N–H and O–H groups in total. The molecule has 0 atom stereocenters. The number of nitrogens with zero attached hydrogens (tertiary/aromatic N) is 4. The molecule has 0 saturated carbocycles. The second kappa shape index (κ2) is 12.3. The average molecular weight is 505 g/mol. The Labute approximate surface area is 211 Å². The molecule has 0 spiro atoms. The van der Waals surface area contributed by atoms with E-state index >= 15 is 0 Å². The molecule has 1 aromatic heterocycles. The van der Waals surface area contributed by atoms with Crippen molar-refractivity contribution >= 4 is 40.4 Å². The summed E-state index contributed by atoms with van der Waals surface area (Å²) in [5.74, 6) is -0.965. The number of nitrogens with one attached hydrogen (secondary N) is 2. The van der Waals surface area contributed by atoms with Crippen LogP contribution in [-0.2, 0) is 17.8 Å². The summed E-state index contributed by atoms with van der Waals surface area (Å²) in [5.41, 5.74) is 1.79. The minimum Gasteiger partial charge on any atom is -0.372 e. The first-order valence-electron chi connectivity index (χ1n) is 11.2. The summed E-state index contributed by atoms with van der Waals surface area (Å²) < 4.78 is 15.9. The fourth-order valence-corrected chi connectivity index (χ4v) is 4.63. The highest BCUT2D eigenvalue weighted by Gasteiger charge is 2.15. The highest BCUT2D eigenvalue weighted by atomic mass is 32.1. The zero-order chi connectivity index (χ0) is 26.1. The number of anilines is 2. The number of nitriles is 2. The molecule has 0 fully saturated rings. The Bertz CT molecular complexity index is 1510. The van der Waals surface area contributed by atoms with Crippen LogP contribution < -0.4 is 30.3 Å². The van der Waals surface area contributed by atoms with Crippen molar-refractivity contribution in [3.05, 3.63) is 79.5 Å². The smallest absolute Gasteiger partial charge is 0.270 e. The van der Waals surface area contributed by atoms with Gasteiger partial charge in [0.05, 0.1) is 11.8 Å². The Morgan fingerprint density at radius 1 is 1.22 bits per heavy atom. The van der Waals surface area contributed by atoms with Gasteiger partial charge in [0.1, 0.15) is 27.6 Å². The van der Waals surface area contributed by atoms with Crippen LogP contribution in [0.1, 0.15) is 12.5 Å². The number of thiazole rings is 1. The summed E-state index contributed by atoms with van der Waals surface area (Å²) in [6.07, 6.45) is 2.24. The normalized spacial score (nSPS) is 11.9. The lowest BCUT2D eigenvalue weighted by Gasteiger charge is -2.20. The number of amides is 1. The van der Waals surface area contributed by atoms with Crippen molar-refractivity contribution in [2.45, 2.75) is 19.9 Å². The molecule has 0 aliphatic rings. The van der Waals surface area contributed by atoms with E-state index in [0.29, 0.717) is 23.2 Å². The lowest BCUT2D eigenvalue weighted by atomic mass is 10.1. The van der Waals surface area contributed by atoms with Gasteiger partial charge in [0.15, 0.2) is 5.57 Å². The molecular formula is C26H25FN6O2S. The minimum atomic E-state index is -0.699. The van der Waals surface area contributed by atoms with Crippen LogP contribution >= 0.6 is 11.3 Å². The van der Waals surface area contributed by atoms with Crippen molar-refractivity contribution < 1.29 is 9.18 Å². The predicted octanol–water partition coefficient (Wildman–Crippen LogP) is 1.91. The van der Waals surface area contributed by atoms with Gasteiger partial charge in [-0.25, -0.2) is 4.39 Å². The number of carbonyl (C=O) groups is 1. The largest absolute Gasteiger partial charge is 0.372 e. The third-order valence-corrected chi connectivity index (χ3v) is 6.53. The number of hydrogen-bond acceptors (Lipinski definition) is 7. The van der Waals surface area contributed by atoms with Crippen molar-refractivity contribution in [3.8, 4) is 12.1 Å². The lowest BCUT2D eigenvalue weighted by Crippen LogP contribution is -2.34. The number of carbonyl (C=O) groups excluding carboxylic acids is 1. The predicted molar refractivity (Wildman–Crippen MR) is 139 cm³/mol. The molecule has 0 radical (unpaired) electrons. The van der Waals surface area contributed by atoms with Gasteiger partial charge in [0, 0.05) is 32.0 Å². The monoisotopic (exact) mass is 504 g/mol. The standard InChI is InChI=1S/C26H25FN6O2S/c1-3-33-25(35)23(36-26(33)20(16-29)24(34)30-13-12-28)17-31-19-8-6-7-18(15-19)11-14-32(2)22-10-5-4-9-21(22)27/h4-10,15,17,31H,3,11,13-14H2,1-2H3,(H,30,34). The quantitative estimate of drug-likeness (QED) is 0.431. The first kappa shape index (κ1) is 26.2. The van der Waals surface area contributed by atoms with Gasteiger partial charge in [-0.15, -0.1) is 11.3 Å². The van der Waals surface area contributed by atoms with Crippen molar-refractivity contribution in [2.75, 3.05) is 30.4 Å². The van der Waals surface area contributed by atoms with Gasteiger partial charge in [-0.2, -0.15) is 10.5 Å². The van der Waals surface area contributed by atoms with Crippen LogP contribution in [0.2, 0.25) is 0 Å². The van der Waals surface area contributed by atoms with Gasteiger partial charge in [0.25, 0.3) is 11.5 Å². The Morgan fingerprint density at radius 3 is 2.69 bits per heavy atom. The number of rotatable bonds is 9. The highest BCUT2D eigenvalue weighted by Crippen LogP contribution is 2.18. The van der Waals surface area contributed by atoms with Crippen LogP contribution in [0.25, 0.3) is 11.8 Å². The topological polar surface area (TPSA) is 114 Å². The molecule has 0 bridgehead atoms. The molecule has 8 nitrogen and oxygen atoms in total. The first-order chi connectivity index (χ1) is 17.4. The second-order valence-electron chi connectivity index (χ2n) is 7.76. The second-order valence-corrected chi connectivity index (χ2v) is 8.79. The number of para-hydroxylation sites is 1. The van der Waals surface area contributed by atoms with E-state index in [1.165, 1.54) is 10.6 Å². The molecule has 1 heterocycles.